The van der Waals surface area contributed by atoms with Gasteiger partial charge < -0.3 is 9.84 Å². The summed E-state index contributed by atoms with van der Waals surface area (Å²) in [4.78, 5) is 0. The highest BCUT2D eigenvalue weighted by Gasteiger charge is 2.21. The molecule has 22 heavy (non-hydrogen) atoms. The van der Waals surface area contributed by atoms with Gasteiger partial charge in [0.1, 0.15) is 0 Å². The minimum absolute atomic E-state index is 0.0851. The van der Waals surface area contributed by atoms with Crippen molar-refractivity contribution in [1.82, 2.24) is 9.78 Å². The van der Waals surface area contributed by atoms with Gasteiger partial charge in [0.25, 0.3) is 0 Å². The van der Waals surface area contributed by atoms with Crippen LogP contribution < -0.4 is 0 Å². The molecule has 0 saturated heterocycles. The molecule has 1 aromatic heterocycles. The first-order valence-electron chi connectivity index (χ1n) is 7.70. The molecule has 0 aliphatic heterocycles. The van der Waals surface area contributed by atoms with E-state index in [4.69, 9.17) is 16.3 Å². The number of hydrogen-bond acceptors (Lipinski definition) is 3. The summed E-state index contributed by atoms with van der Waals surface area (Å²) in [6.45, 7) is 2.59. The van der Waals surface area contributed by atoms with E-state index in [0.29, 0.717) is 18.2 Å². The molecule has 0 fully saturated rings. The third kappa shape index (κ3) is 3.35. The van der Waals surface area contributed by atoms with E-state index in [1.165, 1.54) is 11.1 Å². The van der Waals surface area contributed by atoms with Crippen LogP contribution in [-0.4, -0.2) is 27.6 Å². The predicted molar refractivity (Wildman–Crippen MR) is 86.1 cm³/mol. The molecule has 2 aromatic rings. The maximum atomic E-state index is 10.2. The van der Waals surface area contributed by atoms with E-state index in [1.807, 2.05) is 13.0 Å². The standard InChI is InChI=1S/C17H21ClN2O2/c1-12-16(18)9-19-20(12)10-14(21)11-22-17-8-4-6-13-5-2-3-7-15(13)17/h2-3,5,7,9,14,17,21H,4,6,8,10-11H2,1H3. The van der Waals surface area contributed by atoms with Gasteiger partial charge in [-0.1, -0.05) is 35.9 Å². The molecular formula is C17H21ClN2O2. The van der Waals surface area contributed by atoms with Crippen LogP contribution in [-0.2, 0) is 17.7 Å². The maximum Gasteiger partial charge on any atom is 0.0969 e. The fourth-order valence-corrected chi connectivity index (χ4v) is 3.11. The molecule has 3 rings (SSSR count). The Labute approximate surface area is 135 Å². The molecular weight excluding hydrogens is 300 g/mol. The molecule has 1 aliphatic carbocycles. The summed E-state index contributed by atoms with van der Waals surface area (Å²) in [5.41, 5.74) is 3.49. The number of hydrogen-bond donors (Lipinski definition) is 1. The number of halogens is 1. The van der Waals surface area contributed by atoms with Gasteiger partial charge >= 0.3 is 0 Å². The van der Waals surface area contributed by atoms with Gasteiger partial charge in [0.2, 0.25) is 0 Å². The summed E-state index contributed by atoms with van der Waals surface area (Å²) < 4.78 is 7.68. The van der Waals surface area contributed by atoms with Crippen LogP contribution in [0.5, 0.6) is 0 Å². The minimum Gasteiger partial charge on any atom is -0.389 e. The highest BCUT2D eigenvalue weighted by atomic mass is 35.5. The van der Waals surface area contributed by atoms with Gasteiger partial charge in [-0.15, -0.1) is 0 Å². The van der Waals surface area contributed by atoms with Gasteiger partial charge in [0.05, 0.1) is 42.3 Å². The molecule has 2 unspecified atom stereocenters. The Morgan fingerprint density at radius 3 is 3.05 bits per heavy atom. The van der Waals surface area contributed by atoms with Crippen LogP contribution in [0.25, 0.3) is 0 Å². The number of rotatable bonds is 5. The Morgan fingerprint density at radius 1 is 1.45 bits per heavy atom. The van der Waals surface area contributed by atoms with Gasteiger partial charge in [0, 0.05) is 0 Å². The number of fused-ring (bicyclic) bond motifs is 1. The Kier molecular flexibility index (Phi) is 4.81. The highest BCUT2D eigenvalue weighted by molar-refractivity contribution is 6.31. The van der Waals surface area contributed by atoms with E-state index in [-0.39, 0.29) is 6.10 Å². The lowest BCUT2D eigenvalue weighted by Crippen LogP contribution is -2.25. The molecule has 0 amide bonds. The van der Waals surface area contributed by atoms with E-state index >= 15 is 0 Å². The molecule has 0 radical (unpaired) electrons. The van der Waals surface area contributed by atoms with Gasteiger partial charge in [-0.3, -0.25) is 4.68 Å². The quantitative estimate of drug-likeness (QED) is 0.919. The highest BCUT2D eigenvalue weighted by Crippen LogP contribution is 2.32. The summed E-state index contributed by atoms with van der Waals surface area (Å²) in [7, 11) is 0. The van der Waals surface area contributed by atoms with Crippen molar-refractivity contribution < 1.29 is 9.84 Å². The summed E-state index contributed by atoms with van der Waals surface area (Å²) in [5, 5.41) is 15.0. The Bertz CT molecular complexity index is 641. The Balaban J connectivity index is 1.58. The third-order valence-corrected chi connectivity index (χ3v) is 4.60. The summed E-state index contributed by atoms with van der Waals surface area (Å²) in [6, 6.07) is 8.41. The zero-order valence-electron chi connectivity index (χ0n) is 12.7. The first-order valence-corrected chi connectivity index (χ1v) is 8.08. The molecule has 0 bridgehead atoms. The zero-order valence-corrected chi connectivity index (χ0v) is 13.5. The number of aromatic nitrogens is 2. The van der Waals surface area contributed by atoms with Gasteiger partial charge in [-0.25, -0.2) is 0 Å². The number of aryl methyl sites for hydroxylation is 1. The second-order valence-corrected chi connectivity index (χ2v) is 6.23. The average Bonchev–Trinajstić information content (AvgIpc) is 2.85. The van der Waals surface area contributed by atoms with E-state index < -0.39 is 6.10 Å². The molecule has 2 atom stereocenters. The summed E-state index contributed by atoms with van der Waals surface area (Å²) >= 11 is 5.97. The van der Waals surface area contributed by atoms with Crippen molar-refractivity contribution in [3.63, 3.8) is 0 Å². The van der Waals surface area contributed by atoms with Crippen molar-refractivity contribution in [2.24, 2.45) is 0 Å². The fourth-order valence-electron chi connectivity index (χ4n) is 2.97. The predicted octanol–water partition coefficient (Wildman–Crippen LogP) is 3.30. The van der Waals surface area contributed by atoms with Crippen LogP contribution in [0.2, 0.25) is 5.02 Å². The fraction of sp³-hybridized carbons (Fsp3) is 0.471. The molecule has 1 aliphatic rings. The number of benzene rings is 1. The van der Waals surface area contributed by atoms with E-state index in [0.717, 1.165) is 25.0 Å². The molecule has 1 aromatic carbocycles. The second kappa shape index (κ2) is 6.82. The molecule has 0 spiro atoms. The minimum atomic E-state index is -0.594. The van der Waals surface area contributed by atoms with Crippen molar-refractivity contribution >= 4 is 11.6 Å². The number of ether oxygens (including phenoxy) is 1. The first-order chi connectivity index (χ1) is 10.6. The van der Waals surface area contributed by atoms with Crippen LogP contribution in [0.3, 0.4) is 0 Å². The van der Waals surface area contributed by atoms with E-state index in [1.54, 1.807) is 10.9 Å². The first kappa shape index (κ1) is 15.5. The van der Waals surface area contributed by atoms with E-state index in [2.05, 4.69) is 23.3 Å². The third-order valence-electron chi connectivity index (χ3n) is 4.23. The number of aliphatic hydroxyl groups is 1. The van der Waals surface area contributed by atoms with Crippen molar-refractivity contribution in [3.05, 3.63) is 52.3 Å². The van der Waals surface area contributed by atoms with Crippen molar-refractivity contribution in [2.75, 3.05) is 6.61 Å². The monoisotopic (exact) mass is 320 g/mol. The average molecular weight is 321 g/mol. The van der Waals surface area contributed by atoms with Crippen LogP contribution in [0, 0.1) is 6.92 Å². The summed E-state index contributed by atoms with van der Waals surface area (Å²) in [6.07, 6.45) is 4.35. The van der Waals surface area contributed by atoms with Crippen molar-refractivity contribution in [3.8, 4) is 0 Å². The van der Waals surface area contributed by atoms with Crippen LogP contribution in [0.4, 0.5) is 0 Å². The molecule has 118 valence electrons. The lowest BCUT2D eigenvalue weighted by Gasteiger charge is -2.26. The van der Waals surface area contributed by atoms with Crippen LogP contribution in [0.1, 0.15) is 35.8 Å². The summed E-state index contributed by atoms with van der Waals surface area (Å²) in [5.74, 6) is 0. The molecule has 1 N–H and O–H groups in total. The van der Waals surface area contributed by atoms with Crippen molar-refractivity contribution in [1.29, 1.82) is 0 Å². The number of nitrogens with zero attached hydrogens (tertiary/aromatic N) is 2. The molecule has 4 nitrogen and oxygen atoms in total. The second-order valence-electron chi connectivity index (χ2n) is 5.83. The zero-order chi connectivity index (χ0) is 15.5. The van der Waals surface area contributed by atoms with Crippen LogP contribution >= 0.6 is 11.6 Å². The Hall–Kier alpha value is -1.36. The van der Waals surface area contributed by atoms with Gasteiger partial charge in [-0.05, 0) is 37.3 Å². The molecule has 5 heteroatoms. The van der Waals surface area contributed by atoms with E-state index in [9.17, 15) is 5.11 Å². The maximum absolute atomic E-state index is 10.2. The molecule has 1 heterocycles. The van der Waals surface area contributed by atoms with Crippen molar-refractivity contribution in [2.45, 2.75) is 44.9 Å². The normalized spacial score (nSPS) is 19.0. The lowest BCUT2D eigenvalue weighted by atomic mass is 9.89. The number of aliphatic hydroxyl groups excluding tert-OH is 1. The van der Waals surface area contributed by atoms with Crippen LogP contribution in [0.15, 0.2) is 30.5 Å². The molecule has 0 saturated carbocycles. The Morgan fingerprint density at radius 2 is 2.27 bits per heavy atom. The lowest BCUT2D eigenvalue weighted by molar-refractivity contribution is -0.0237. The largest absolute Gasteiger partial charge is 0.389 e. The smallest absolute Gasteiger partial charge is 0.0969 e. The SMILES string of the molecule is Cc1c(Cl)cnn1CC(O)COC1CCCc2ccccc21. The van der Waals surface area contributed by atoms with Gasteiger partial charge in [-0.2, -0.15) is 5.10 Å². The topological polar surface area (TPSA) is 47.3 Å². The van der Waals surface area contributed by atoms with Gasteiger partial charge in [0.15, 0.2) is 0 Å².